The van der Waals surface area contributed by atoms with Gasteiger partial charge in [0.1, 0.15) is 5.75 Å². The van der Waals surface area contributed by atoms with Crippen LogP contribution in [0.5, 0.6) is 11.6 Å². The number of ether oxygens (including phenoxy) is 1. The average molecular weight is 396 g/mol. The van der Waals surface area contributed by atoms with Crippen molar-refractivity contribution < 1.29 is 9.84 Å². The van der Waals surface area contributed by atoms with Crippen molar-refractivity contribution in [1.29, 1.82) is 0 Å². The standard InChI is InChI=1S/C13H10BrN5O3S/c1-19-12(20)10(23-13(19)21)4-6-3-9(22-2)7(5-8(6)14)11-15-17-18-16-11/h3-5,20H,1-2H3. The molecule has 0 amide bonds. The highest BCUT2D eigenvalue weighted by atomic mass is 79.9. The van der Waals surface area contributed by atoms with Crippen LogP contribution >= 0.6 is 27.3 Å². The van der Waals surface area contributed by atoms with Gasteiger partial charge in [0.2, 0.25) is 11.7 Å². The van der Waals surface area contributed by atoms with Gasteiger partial charge in [-0.1, -0.05) is 27.3 Å². The number of hydrogen-bond donors (Lipinski definition) is 1. The first-order valence-electron chi connectivity index (χ1n) is 6.31. The van der Waals surface area contributed by atoms with Crippen molar-refractivity contribution in [2.24, 2.45) is 27.7 Å². The maximum absolute atomic E-state index is 11.6. The van der Waals surface area contributed by atoms with E-state index in [0.29, 0.717) is 21.7 Å². The highest BCUT2D eigenvalue weighted by Crippen LogP contribution is 2.20. The average Bonchev–Trinajstić information content (AvgIpc) is 3.15. The van der Waals surface area contributed by atoms with Crippen molar-refractivity contribution in [2.45, 2.75) is 0 Å². The van der Waals surface area contributed by atoms with Gasteiger partial charge in [0.05, 0.1) is 17.2 Å². The molecule has 2 heterocycles. The predicted molar refractivity (Wildman–Crippen MR) is 87.9 cm³/mol. The van der Waals surface area contributed by atoms with Gasteiger partial charge in [-0.2, -0.15) is 0 Å². The lowest BCUT2D eigenvalue weighted by atomic mass is 10.2. The van der Waals surface area contributed by atoms with Crippen LogP contribution in [0.4, 0.5) is 0 Å². The van der Waals surface area contributed by atoms with Gasteiger partial charge in [-0.05, 0) is 33.9 Å². The van der Waals surface area contributed by atoms with E-state index in [1.54, 1.807) is 18.2 Å². The number of nitrogens with zero attached hydrogens (tertiary/aromatic N) is 5. The van der Waals surface area contributed by atoms with Gasteiger partial charge < -0.3 is 9.84 Å². The molecule has 3 rings (SSSR count). The minimum Gasteiger partial charge on any atom is -0.496 e. The van der Waals surface area contributed by atoms with E-state index in [1.165, 1.54) is 18.7 Å². The van der Waals surface area contributed by atoms with E-state index in [0.717, 1.165) is 21.0 Å². The molecule has 10 heteroatoms. The summed E-state index contributed by atoms with van der Waals surface area (Å²) in [5.41, 5.74) is 0. The van der Waals surface area contributed by atoms with Crippen molar-refractivity contribution in [3.63, 3.8) is 0 Å². The third-order valence-corrected chi connectivity index (χ3v) is 4.83. The molecule has 1 aliphatic rings. The number of thiazole rings is 1. The predicted octanol–water partition coefficient (Wildman–Crippen LogP) is 1.65. The van der Waals surface area contributed by atoms with Crippen molar-refractivity contribution in [2.75, 3.05) is 7.11 Å². The van der Waals surface area contributed by atoms with Crippen molar-refractivity contribution in [3.8, 4) is 11.6 Å². The van der Waals surface area contributed by atoms with E-state index >= 15 is 0 Å². The van der Waals surface area contributed by atoms with E-state index in [1.807, 2.05) is 0 Å². The van der Waals surface area contributed by atoms with Crippen molar-refractivity contribution >= 4 is 39.2 Å². The third kappa shape index (κ3) is 2.82. The van der Waals surface area contributed by atoms with Gasteiger partial charge in [-0.25, -0.2) is 0 Å². The van der Waals surface area contributed by atoms with Gasteiger partial charge in [-0.3, -0.25) is 9.36 Å². The summed E-state index contributed by atoms with van der Waals surface area (Å²) in [4.78, 5) is 11.8. The molecule has 2 aromatic rings. The molecule has 118 valence electrons. The summed E-state index contributed by atoms with van der Waals surface area (Å²) in [5, 5.41) is 25.9. The molecule has 0 bridgehead atoms. The van der Waals surface area contributed by atoms with Crippen LogP contribution < -0.4 is 20.0 Å². The van der Waals surface area contributed by atoms with Gasteiger partial charge in [0.15, 0.2) is 0 Å². The molecule has 1 N–H and O–H groups in total. The van der Waals surface area contributed by atoms with Crippen LogP contribution in [-0.2, 0) is 7.05 Å². The van der Waals surface area contributed by atoms with Crippen LogP contribution in [0.15, 0.2) is 42.1 Å². The first-order valence-corrected chi connectivity index (χ1v) is 7.92. The van der Waals surface area contributed by atoms with Crippen LogP contribution in [0.3, 0.4) is 0 Å². The Balaban J connectivity index is 2.26. The Labute approximate surface area is 141 Å². The van der Waals surface area contributed by atoms with Gasteiger partial charge in [-0.15, -0.1) is 10.2 Å². The van der Waals surface area contributed by atoms with Crippen LogP contribution in [0.25, 0.3) is 11.9 Å². The first kappa shape index (κ1) is 15.6. The molecule has 0 saturated carbocycles. The molecule has 23 heavy (non-hydrogen) atoms. The molecule has 1 aliphatic heterocycles. The maximum Gasteiger partial charge on any atom is 0.310 e. The minimum absolute atomic E-state index is 0.0808. The molecule has 0 atom stereocenters. The monoisotopic (exact) mass is 395 g/mol. The van der Waals surface area contributed by atoms with E-state index in [-0.39, 0.29) is 10.8 Å². The van der Waals surface area contributed by atoms with Crippen LogP contribution in [0.1, 0.15) is 4.88 Å². The largest absolute Gasteiger partial charge is 0.496 e. The maximum atomic E-state index is 11.6. The van der Waals surface area contributed by atoms with Gasteiger partial charge >= 0.3 is 4.87 Å². The van der Waals surface area contributed by atoms with Crippen LogP contribution in [-0.4, -0.2) is 16.8 Å². The molecule has 0 radical (unpaired) electrons. The lowest BCUT2D eigenvalue weighted by Gasteiger charge is -2.03. The molecule has 0 spiro atoms. The second kappa shape index (κ2) is 6.05. The lowest BCUT2D eigenvalue weighted by molar-refractivity contribution is 0.410. The Morgan fingerprint density at radius 3 is 2.61 bits per heavy atom. The van der Waals surface area contributed by atoms with Gasteiger partial charge in [0, 0.05) is 11.5 Å². The number of methoxy groups -OCH3 is 1. The van der Waals surface area contributed by atoms with Crippen LogP contribution in [0.2, 0.25) is 0 Å². The van der Waals surface area contributed by atoms with Crippen LogP contribution in [0, 0.1) is 0 Å². The normalized spacial score (nSPS) is 14.0. The molecular weight excluding hydrogens is 386 g/mol. The Bertz CT molecular complexity index is 1010. The molecule has 0 saturated heterocycles. The fourth-order valence-electron chi connectivity index (χ4n) is 1.97. The number of rotatable bonds is 2. The molecule has 0 aliphatic carbocycles. The van der Waals surface area contributed by atoms with Crippen molar-refractivity contribution in [1.82, 2.24) is 4.57 Å². The topological polar surface area (TPSA) is 101 Å². The molecule has 1 aromatic heterocycles. The molecule has 0 unspecified atom stereocenters. The van der Waals surface area contributed by atoms with Crippen molar-refractivity contribution in [3.05, 3.63) is 41.6 Å². The first-order chi connectivity index (χ1) is 11.0. The fourth-order valence-corrected chi connectivity index (χ4v) is 3.25. The Kier molecular flexibility index (Phi) is 4.09. The number of benzene rings is 1. The zero-order chi connectivity index (χ0) is 16.6. The second-order valence-electron chi connectivity index (χ2n) is 4.54. The molecule has 8 nitrogen and oxygen atoms in total. The lowest BCUT2D eigenvalue weighted by Crippen LogP contribution is -2.15. The summed E-state index contributed by atoms with van der Waals surface area (Å²) < 4.78 is 7.27. The Morgan fingerprint density at radius 1 is 1.35 bits per heavy atom. The molecule has 0 fully saturated rings. The number of halogens is 1. The summed E-state index contributed by atoms with van der Waals surface area (Å²) >= 11 is 4.41. The quantitative estimate of drug-likeness (QED) is 0.835. The minimum atomic E-state index is -0.240. The zero-order valence-electron chi connectivity index (χ0n) is 12.0. The summed E-state index contributed by atoms with van der Waals surface area (Å²) in [7, 11) is 3.04. The SMILES string of the molecule is COc1cc(=Cc2sc(=O)n(C)c2O)c(Br)cc1=C1N=NN=N1. The number of aromatic hydroxyl groups is 1. The highest BCUT2D eigenvalue weighted by Gasteiger charge is 2.11. The zero-order valence-corrected chi connectivity index (χ0v) is 14.4. The summed E-state index contributed by atoms with van der Waals surface area (Å²) in [6, 6.07) is 3.52. The van der Waals surface area contributed by atoms with E-state index < -0.39 is 0 Å². The summed E-state index contributed by atoms with van der Waals surface area (Å²) in [5.74, 6) is 0.793. The molecular formula is C13H10BrN5O3S. The summed E-state index contributed by atoms with van der Waals surface area (Å²) in [6.45, 7) is 0. The van der Waals surface area contributed by atoms with E-state index in [9.17, 15) is 9.90 Å². The van der Waals surface area contributed by atoms with E-state index in [2.05, 4.69) is 36.6 Å². The van der Waals surface area contributed by atoms with E-state index in [4.69, 9.17) is 4.74 Å². The fraction of sp³-hybridized carbons (Fsp3) is 0.154. The number of hydrogen-bond acceptors (Lipinski definition) is 8. The molecule has 1 aromatic carbocycles. The smallest absolute Gasteiger partial charge is 0.310 e. The third-order valence-electron chi connectivity index (χ3n) is 3.17. The second-order valence-corrected chi connectivity index (χ2v) is 6.38. The summed E-state index contributed by atoms with van der Waals surface area (Å²) in [6.07, 6.45) is 1.69. The Hall–Kier alpha value is -2.33. The number of aromatic nitrogens is 1. The highest BCUT2D eigenvalue weighted by molar-refractivity contribution is 9.10. The van der Waals surface area contributed by atoms with Gasteiger partial charge in [0.25, 0.3) is 0 Å². The Morgan fingerprint density at radius 2 is 2.04 bits per heavy atom.